The van der Waals surface area contributed by atoms with Crippen LogP contribution in [0.3, 0.4) is 0 Å². The van der Waals surface area contributed by atoms with Crippen LogP contribution in [0, 0.1) is 12.8 Å². The minimum absolute atomic E-state index is 0.136. The summed E-state index contributed by atoms with van der Waals surface area (Å²) in [5.41, 5.74) is 4.45. The lowest BCUT2D eigenvalue weighted by Gasteiger charge is -2.03. The van der Waals surface area contributed by atoms with Gasteiger partial charge in [-0.05, 0) is 24.5 Å². The van der Waals surface area contributed by atoms with Gasteiger partial charge >= 0.3 is 5.97 Å². The molecule has 1 aromatic heterocycles. The molecule has 0 bridgehead atoms. The van der Waals surface area contributed by atoms with Gasteiger partial charge in [-0.1, -0.05) is 80.9 Å². The molecule has 0 aliphatic carbocycles. The van der Waals surface area contributed by atoms with Crippen LogP contribution in [0.4, 0.5) is 5.00 Å². The van der Waals surface area contributed by atoms with E-state index in [0.29, 0.717) is 10.6 Å². The van der Waals surface area contributed by atoms with Crippen molar-refractivity contribution in [1.82, 2.24) is 0 Å². The minimum Gasteiger partial charge on any atom is -0.478 e. The van der Waals surface area contributed by atoms with Crippen molar-refractivity contribution >= 4 is 28.6 Å². The number of hydrogen-bond donors (Lipinski definition) is 2. The summed E-state index contributed by atoms with van der Waals surface area (Å²) in [5.74, 6) is -0.761. The molecule has 2 aromatic carbocycles. The number of carboxylic acid groups (broad SMARTS) is 1. The van der Waals surface area contributed by atoms with Gasteiger partial charge in [0.15, 0.2) is 0 Å². The van der Waals surface area contributed by atoms with E-state index >= 15 is 0 Å². The van der Waals surface area contributed by atoms with E-state index in [1.54, 1.807) is 7.05 Å². The van der Waals surface area contributed by atoms with Crippen LogP contribution in [0.5, 0.6) is 0 Å². The number of anilines is 1. The molecule has 1 atom stereocenters. The normalized spacial score (nSPS) is 10.6. The minimum atomic E-state index is -0.897. The van der Waals surface area contributed by atoms with Crippen LogP contribution in [0.15, 0.2) is 60.0 Å². The molecule has 0 fully saturated rings. The first kappa shape index (κ1) is 25.1. The molecule has 4 nitrogen and oxygen atoms in total. The number of rotatable bonds is 6. The predicted molar refractivity (Wildman–Crippen MR) is 128 cm³/mol. The Morgan fingerprint density at radius 3 is 2.20 bits per heavy atom. The smallest absolute Gasteiger partial charge is 0.339 e. The molecule has 0 radical (unpaired) electrons. The van der Waals surface area contributed by atoms with Crippen molar-refractivity contribution in [2.24, 2.45) is 5.92 Å². The third-order valence-electron chi connectivity index (χ3n) is 4.23. The summed E-state index contributed by atoms with van der Waals surface area (Å²) in [7, 11) is 1.73. The fourth-order valence-electron chi connectivity index (χ4n) is 2.73. The first-order chi connectivity index (χ1) is 14.5. The summed E-state index contributed by atoms with van der Waals surface area (Å²) in [6.45, 7) is 7.94. The molecule has 1 unspecified atom stereocenters. The maximum absolute atomic E-state index is 11.3. The van der Waals surface area contributed by atoms with Gasteiger partial charge in [0.2, 0.25) is 0 Å². The highest BCUT2D eigenvalue weighted by Gasteiger charge is 2.18. The SMILES string of the molecule is CC.CC(C=O)Cc1ccccc1.CNc1scc(-c2ccc(C)cc2)c1C(=O)O. The third kappa shape index (κ3) is 7.48. The summed E-state index contributed by atoms with van der Waals surface area (Å²) in [4.78, 5) is 21.6. The Kier molecular flexibility index (Phi) is 11.2. The average molecular weight is 426 g/mol. The van der Waals surface area contributed by atoms with Crippen LogP contribution in [-0.2, 0) is 11.2 Å². The standard InChI is InChI=1S/C13H13NO2S.C10H12O.C2H6/c1-8-3-5-9(6-4-8)10-7-17-12(14-2)11(10)13(15)16;1-9(8-11)7-10-5-3-2-4-6-10;1-2/h3-7,14H,1-2H3,(H,15,16);2-6,8-9H,7H2,1H3;1-2H3. The Balaban J connectivity index is 0.000000300. The van der Waals surface area contributed by atoms with Crippen LogP contribution >= 0.6 is 11.3 Å². The molecule has 2 N–H and O–H groups in total. The van der Waals surface area contributed by atoms with Gasteiger partial charge in [0.05, 0.1) is 0 Å². The van der Waals surface area contributed by atoms with Crippen molar-refractivity contribution in [2.75, 3.05) is 12.4 Å². The van der Waals surface area contributed by atoms with Crippen molar-refractivity contribution < 1.29 is 14.7 Å². The zero-order chi connectivity index (χ0) is 22.5. The molecule has 0 aliphatic heterocycles. The number of thiophene rings is 1. The second kappa shape index (κ2) is 13.3. The monoisotopic (exact) mass is 425 g/mol. The number of carboxylic acids is 1. The van der Waals surface area contributed by atoms with E-state index in [1.807, 2.05) is 87.7 Å². The first-order valence-corrected chi connectivity index (χ1v) is 10.9. The van der Waals surface area contributed by atoms with Crippen molar-refractivity contribution in [1.29, 1.82) is 0 Å². The van der Waals surface area contributed by atoms with Gasteiger partial charge in [0.1, 0.15) is 16.9 Å². The lowest BCUT2D eigenvalue weighted by atomic mass is 10.0. The number of carbonyl (C=O) groups excluding carboxylic acids is 1. The summed E-state index contributed by atoms with van der Waals surface area (Å²) in [6, 6.07) is 17.9. The Morgan fingerprint density at radius 2 is 1.70 bits per heavy atom. The fourth-order valence-corrected chi connectivity index (χ4v) is 3.66. The summed E-state index contributed by atoms with van der Waals surface area (Å²) >= 11 is 1.41. The topological polar surface area (TPSA) is 66.4 Å². The van der Waals surface area contributed by atoms with Crippen LogP contribution in [0.25, 0.3) is 11.1 Å². The Morgan fingerprint density at radius 1 is 1.10 bits per heavy atom. The highest BCUT2D eigenvalue weighted by molar-refractivity contribution is 7.15. The fraction of sp³-hybridized carbons (Fsp3) is 0.280. The van der Waals surface area contributed by atoms with E-state index in [9.17, 15) is 14.7 Å². The Labute approximate surface area is 183 Å². The zero-order valence-electron chi connectivity index (χ0n) is 18.3. The summed E-state index contributed by atoms with van der Waals surface area (Å²) in [6.07, 6.45) is 1.84. The van der Waals surface area contributed by atoms with Gasteiger partial charge in [0, 0.05) is 23.9 Å². The maximum atomic E-state index is 11.3. The van der Waals surface area contributed by atoms with Crippen LogP contribution < -0.4 is 5.32 Å². The van der Waals surface area contributed by atoms with Crippen LogP contribution in [0.1, 0.15) is 42.3 Å². The number of benzene rings is 2. The van der Waals surface area contributed by atoms with Gasteiger partial charge in [-0.25, -0.2) is 4.79 Å². The average Bonchev–Trinajstić information content (AvgIpc) is 3.21. The molecule has 30 heavy (non-hydrogen) atoms. The molecular formula is C25H31NO3S. The molecule has 0 saturated heterocycles. The number of aldehydes is 1. The van der Waals surface area contributed by atoms with Gasteiger partial charge < -0.3 is 15.2 Å². The van der Waals surface area contributed by atoms with E-state index in [1.165, 1.54) is 16.9 Å². The highest BCUT2D eigenvalue weighted by atomic mass is 32.1. The molecule has 0 saturated carbocycles. The lowest BCUT2D eigenvalue weighted by Crippen LogP contribution is -2.00. The largest absolute Gasteiger partial charge is 0.478 e. The maximum Gasteiger partial charge on any atom is 0.339 e. The number of carbonyl (C=O) groups is 2. The number of aromatic carboxylic acids is 1. The first-order valence-electron chi connectivity index (χ1n) is 10.0. The molecule has 0 spiro atoms. The van der Waals surface area contributed by atoms with Crippen LogP contribution in [-0.4, -0.2) is 24.4 Å². The van der Waals surface area contributed by atoms with E-state index in [4.69, 9.17) is 0 Å². The molecule has 0 amide bonds. The quantitative estimate of drug-likeness (QED) is 0.439. The van der Waals surface area contributed by atoms with E-state index in [0.717, 1.165) is 29.4 Å². The zero-order valence-corrected chi connectivity index (χ0v) is 19.1. The van der Waals surface area contributed by atoms with Gasteiger partial charge in [0.25, 0.3) is 0 Å². The highest BCUT2D eigenvalue weighted by Crippen LogP contribution is 2.35. The van der Waals surface area contributed by atoms with E-state index in [-0.39, 0.29) is 5.92 Å². The number of nitrogens with one attached hydrogen (secondary N) is 1. The van der Waals surface area contributed by atoms with Gasteiger partial charge in [-0.2, -0.15) is 0 Å². The van der Waals surface area contributed by atoms with Gasteiger partial charge in [-0.15, -0.1) is 11.3 Å². The third-order valence-corrected chi connectivity index (χ3v) is 5.22. The van der Waals surface area contributed by atoms with Gasteiger partial charge in [-0.3, -0.25) is 0 Å². The molecule has 5 heteroatoms. The molecular weight excluding hydrogens is 394 g/mol. The van der Waals surface area contributed by atoms with Crippen LogP contribution in [0.2, 0.25) is 0 Å². The van der Waals surface area contributed by atoms with Crippen molar-refractivity contribution in [2.45, 2.75) is 34.1 Å². The predicted octanol–water partition coefficient (Wildman–Crippen LogP) is 6.55. The Bertz CT molecular complexity index is 902. The molecule has 0 aliphatic rings. The summed E-state index contributed by atoms with van der Waals surface area (Å²) < 4.78 is 0. The molecule has 160 valence electrons. The molecule has 3 aromatic rings. The Hall–Kier alpha value is -2.92. The van der Waals surface area contributed by atoms with E-state index < -0.39 is 5.97 Å². The molecule has 3 rings (SSSR count). The summed E-state index contributed by atoms with van der Waals surface area (Å²) in [5, 5.41) is 14.7. The van der Waals surface area contributed by atoms with Crippen molar-refractivity contribution in [3.63, 3.8) is 0 Å². The molecule has 1 heterocycles. The number of aryl methyl sites for hydroxylation is 1. The van der Waals surface area contributed by atoms with E-state index in [2.05, 4.69) is 5.32 Å². The van der Waals surface area contributed by atoms with Crippen molar-refractivity contribution in [3.05, 3.63) is 76.7 Å². The van der Waals surface area contributed by atoms with Crippen molar-refractivity contribution in [3.8, 4) is 11.1 Å². The number of hydrogen-bond acceptors (Lipinski definition) is 4. The second-order valence-corrected chi connectivity index (χ2v) is 7.46. The lowest BCUT2D eigenvalue weighted by molar-refractivity contribution is -0.110. The second-order valence-electron chi connectivity index (χ2n) is 6.58.